The van der Waals surface area contributed by atoms with Crippen LogP contribution in [0.4, 0.5) is 10.7 Å². The molecule has 0 saturated carbocycles. The van der Waals surface area contributed by atoms with Crippen LogP contribution in [0.2, 0.25) is 0 Å². The van der Waals surface area contributed by atoms with Crippen LogP contribution < -0.4 is 16.0 Å². The standard InChI is InChI=1S/C18H23N7O5/c1-10(16(28)29)8-21-13(26)9-25-15(27)12(23-18(25)30)5-3-7-20-17-22-11-4-2-6-19-14(11)24-17/h2,4,6,10,12H,3,5,7-9H2,1H3,(H,21,26)(H,23,30)(H,28,29)(H2,19,20,22,24)/p+1. The highest BCUT2D eigenvalue weighted by Gasteiger charge is 2.38. The zero-order chi connectivity index (χ0) is 21.7. The average Bonchev–Trinajstić information content (AvgIpc) is 3.24. The number of nitrogens with one attached hydrogen (secondary N) is 4. The molecule has 0 aromatic carbocycles. The Balaban J connectivity index is 1.41. The molecule has 3 rings (SSSR count). The Labute approximate surface area is 171 Å². The molecule has 12 nitrogen and oxygen atoms in total. The number of pyridine rings is 1. The molecule has 2 aromatic rings. The predicted octanol–water partition coefficient (Wildman–Crippen LogP) is -0.926. The molecule has 1 aliphatic rings. The Morgan fingerprint density at radius 3 is 2.90 bits per heavy atom. The van der Waals surface area contributed by atoms with E-state index in [0.717, 1.165) is 10.4 Å². The second kappa shape index (κ2) is 9.20. The lowest BCUT2D eigenvalue weighted by molar-refractivity contribution is -0.141. The van der Waals surface area contributed by atoms with Crippen LogP contribution in [0.1, 0.15) is 19.8 Å². The van der Waals surface area contributed by atoms with E-state index in [0.29, 0.717) is 31.0 Å². The number of H-pyrrole nitrogens is 1. The van der Waals surface area contributed by atoms with Gasteiger partial charge in [-0.05, 0) is 31.9 Å². The predicted molar refractivity (Wildman–Crippen MR) is 106 cm³/mol. The highest BCUT2D eigenvalue weighted by atomic mass is 16.4. The molecule has 0 spiro atoms. The summed E-state index contributed by atoms with van der Waals surface area (Å²) in [6, 6.07) is 2.35. The molecule has 3 heterocycles. The van der Waals surface area contributed by atoms with Gasteiger partial charge in [-0.3, -0.25) is 14.5 Å². The van der Waals surface area contributed by atoms with Crippen molar-refractivity contribution >= 4 is 40.9 Å². The van der Waals surface area contributed by atoms with E-state index in [2.05, 4.69) is 30.9 Å². The van der Waals surface area contributed by atoms with Gasteiger partial charge in [0.2, 0.25) is 11.9 Å². The Morgan fingerprint density at radius 1 is 1.37 bits per heavy atom. The van der Waals surface area contributed by atoms with Gasteiger partial charge in [0.05, 0.1) is 5.52 Å². The number of fused-ring (bicyclic) bond motifs is 1. The Bertz CT molecular complexity index is 926. The molecule has 2 atom stereocenters. The summed E-state index contributed by atoms with van der Waals surface area (Å²) in [5, 5.41) is 15.1. The quantitative estimate of drug-likeness (QED) is 0.219. The fraction of sp³-hybridized carbons (Fsp3) is 0.444. The van der Waals surface area contributed by atoms with E-state index in [4.69, 9.17) is 5.11 Å². The third-order valence-corrected chi connectivity index (χ3v) is 4.68. The zero-order valence-corrected chi connectivity index (χ0v) is 16.4. The molecular formula is C18H24N7O5+. The van der Waals surface area contributed by atoms with Crippen molar-refractivity contribution in [2.45, 2.75) is 25.8 Å². The van der Waals surface area contributed by atoms with E-state index in [1.54, 1.807) is 12.3 Å². The van der Waals surface area contributed by atoms with E-state index in [-0.39, 0.29) is 6.54 Å². The van der Waals surface area contributed by atoms with Gasteiger partial charge in [0.15, 0.2) is 5.65 Å². The van der Waals surface area contributed by atoms with E-state index in [1.165, 1.54) is 6.92 Å². The third-order valence-electron chi connectivity index (χ3n) is 4.68. The van der Waals surface area contributed by atoms with Crippen molar-refractivity contribution < 1.29 is 24.3 Å². The first-order valence-corrected chi connectivity index (χ1v) is 9.53. The van der Waals surface area contributed by atoms with Crippen LogP contribution in [0.5, 0.6) is 0 Å². The van der Waals surface area contributed by atoms with Crippen molar-refractivity contribution in [2.24, 2.45) is 5.92 Å². The Morgan fingerprint density at radius 2 is 2.17 bits per heavy atom. The maximum absolute atomic E-state index is 12.4. The number of imide groups is 1. The zero-order valence-electron chi connectivity index (χ0n) is 16.4. The number of carbonyl (C=O) groups excluding carboxylic acids is 4. The number of anilines is 1. The first-order valence-electron chi connectivity index (χ1n) is 9.53. The second-order valence-electron chi connectivity index (χ2n) is 7.02. The first-order chi connectivity index (χ1) is 14.3. The number of urea groups is 1. The van der Waals surface area contributed by atoms with Crippen molar-refractivity contribution in [1.29, 1.82) is 0 Å². The highest BCUT2D eigenvalue weighted by Crippen LogP contribution is 2.13. The lowest BCUT2D eigenvalue weighted by atomic mass is 10.1. The molecule has 0 aliphatic carbocycles. The van der Waals surface area contributed by atoms with E-state index in [9.17, 15) is 19.2 Å². The summed E-state index contributed by atoms with van der Waals surface area (Å²) in [6.07, 6.45) is 2.64. The van der Waals surface area contributed by atoms with Crippen molar-refractivity contribution in [3.05, 3.63) is 18.3 Å². The van der Waals surface area contributed by atoms with Gasteiger partial charge >= 0.3 is 12.0 Å². The molecule has 160 valence electrons. The Kier molecular flexibility index (Phi) is 6.45. The van der Waals surface area contributed by atoms with Crippen LogP contribution in [0.25, 0.3) is 11.2 Å². The van der Waals surface area contributed by atoms with Crippen LogP contribution in [-0.4, -0.2) is 74.4 Å². The summed E-state index contributed by atoms with van der Waals surface area (Å²) in [5.74, 6) is -1.90. The number of hydrogen-bond donors (Lipinski definition) is 4. The molecule has 0 bridgehead atoms. The van der Waals surface area contributed by atoms with Crippen LogP contribution >= 0.6 is 0 Å². The van der Waals surface area contributed by atoms with Crippen LogP contribution in [-0.2, 0) is 14.4 Å². The van der Waals surface area contributed by atoms with Crippen molar-refractivity contribution in [3.8, 4) is 0 Å². The van der Waals surface area contributed by atoms with Crippen LogP contribution in [0.15, 0.2) is 18.3 Å². The summed E-state index contributed by atoms with van der Waals surface area (Å²) >= 11 is 0. The van der Waals surface area contributed by atoms with Crippen LogP contribution in [0, 0.1) is 5.92 Å². The summed E-state index contributed by atoms with van der Waals surface area (Å²) in [4.78, 5) is 59.6. The number of imidazole rings is 1. The number of nitrogens with zero attached hydrogens (tertiary/aromatic N) is 3. The maximum atomic E-state index is 12.4. The fourth-order valence-electron chi connectivity index (χ4n) is 2.92. The number of aromatic amines is 1. The van der Waals surface area contributed by atoms with Crippen LogP contribution in [0.3, 0.4) is 0 Å². The molecular weight excluding hydrogens is 394 g/mol. The van der Waals surface area contributed by atoms with Gasteiger partial charge in [-0.1, -0.05) is 0 Å². The number of carbonyl (C=O) groups is 4. The van der Waals surface area contributed by atoms with Gasteiger partial charge in [0, 0.05) is 24.1 Å². The number of hydrogen-bond acceptors (Lipinski definition) is 7. The largest absolute Gasteiger partial charge is 0.564 e. The third kappa shape index (κ3) is 5.01. The van der Waals surface area contributed by atoms with Gasteiger partial charge in [0.1, 0.15) is 18.5 Å². The number of rotatable bonds is 10. The fourth-order valence-corrected chi connectivity index (χ4v) is 2.92. The monoisotopic (exact) mass is 418 g/mol. The molecule has 30 heavy (non-hydrogen) atoms. The summed E-state index contributed by atoms with van der Waals surface area (Å²) in [5.41, 5.74) is 1.42. The molecule has 4 amide bonds. The Hall–Kier alpha value is -3.70. The van der Waals surface area contributed by atoms with Crippen molar-refractivity contribution in [1.82, 2.24) is 30.5 Å². The summed E-state index contributed by atoms with van der Waals surface area (Å²) < 4.78 is 0. The number of aromatic nitrogens is 3. The lowest BCUT2D eigenvalue weighted by Gasteiger charge is -2.13. The van der Waals surface area contributed by atoms with Gasteiger partial charge in [0.25, 0.3) is 5.91 Å². The van der Waals surface area contributed by atoms with Gasteiger partial charge < -0.3 is 26.0 Å². The minimum atomic E-state index is -0.794. The second-order valence-corrected chi connectivity index (χ2v) is 7.02. The molecule has 2 unspecified atom stereocenters. The van der Waals surface area contributed by atoms with E-state index >= 15 is 0 Å². The maximum Gasteiger partial charge on any atom is 0.520 e. The first kappa shape index (κ1) is 21.0. The molecule has 2 aromatic heterocycles. The normalized spacial score (nSPS) is 17.1. The molecule has 0 radical (unpaired) electrons. The molecule has 1 aliphatic heterocycles. The van der Waals surface area contributed by atoms with E-state index < -0.39 is 42.3 Å². The van der Waals surface area contributed by atoms with Gasteiger partial charge in [-0.15, -0.1) is 0 Å². The summed E-state index contributed by atoms with van der Waals surface area (Å²) in [7, 11) is 0. The molecule has 1 fully saturated rings. The smallest absolute Gasteiger partial charge is 0.520 e. The van der Waals surface area contributed by atoms with Gasteiger partial charge in [-0.2, -0.15) is 4.98 Å². The molecule has 12 heteroatoms. The van der Waals surface area contributed by atoms with Crippen molar-refractivity contribution in [2.75, 3.05) is 25.0 Å². The lowest BCUT2D eigenvalue weighted by Crippen LogP contribution is -2.42. The van der Waals surface area contributed by atoms with E-state index in [1.807, 2.05) is 6.07 Å². The molecule has 1 saturated heterocycles. The summed E-state index contributed by atoms with van der Waals surface area (Å²) in [6.45, 7) is 1.59. The van der Waals surface area contributed by atoms with Gasteiger partial charge in [-0.25, -0.2) is 9.78 Å². The SMILES string of the molecule is CC(CNC(=O)CN1C(=O)NC(CCCNc2nc3ncccc3[nH]2)C1=O)C(=O)[OH2+]. The minimum Gasteiger partial charge on any atom is -0.564 e. The minimum absolute atomic E-state index is 0.0166. The number of amides is 4. The topological polar surface area (TPSA) is 172 Å². The van der Waals surface area contributed by atoms with Crippen molar-refractivity contribution in [3.63, 3.8) is 0 Å². The average molecular weight is 418 g/mol. The highest BCUT2D eigenvalue weighted by molar-refractivity contribution is 6.06. The molecule has 6 N–H and O–H groups in total.